The molecular formula is C15H18FN3. The standard InChI is InChI=1S/C15H18FN3/c1-2-18-14(11-5-7-13(16)8-6-11)10-12-4-3-9-19-15(12)17/h3-9,14,18H,2,10H2,1H3,(H2,17,19). The first-order chi connectivity index (χ1) is 9.20. The molecule has 0 aliphatic rings. The zero-order valence-electron chi connectivity index (χ0n) is 10.9. The number of nitrogen functional groups attached to an aromatic ring is 1. The fourth-order valence-electron chi connectivity index (χ4n) is 2.09. The zero-order chi connectivity index (χ0) is 13.7. The van der Waals surface area contributed by atoms with Crippen LogP contribution in [0.15, 0.2) is 42.6 Å². The molecule has 1 heterocycles. The molecule has 0 fully saturated rings. The molecule has 19 heavy (non-hydrogen) atoms. The number of hydrogen-bond acceptors (Lipinski definition) is 3. The maximum atomic E-state index is 13.0. The van der Waals surface area contributed by atoms with E-state index in [1.807, 2.05) is 19.1 Å². The van der Waals surface area contributed by atoms with Crippen molar-refractivity contribution in [2.45, 2.75) is 19.4 Å². The van der Waals surface area contributed by atoms with E-state index in [4.69, 9.17) is 5.73 Å². The van der Waals surface area contributed by atoms with E-state index in [9.17, 15) is 4.39 Å². The Morgan fingerprint density at radius 3 is 2.63 bits per heavy atom. The maximum Gasteiger partial charge on any atom is 0.126 e. The molecule has 1 aromatic carbocycles. The summed E-state index contributed by atoms with van der Waals surface area (Å²) >= 11 is 0. The Kier molecular flexibility index (Phi) is 4.47. The lowest BCUT2D eigenvalue weighted by atomic mass is 9.99. The number of likely N-dealkylation sites (N-methyl/N-ethyl adjacent to an activating group) is 1. The van der Waals surface area contributed by atoms with E-state index in [2.05, 4.69) is 10.3 Å². The summed E-state index contributed by atoms with van der Waals surface area (Å²) in [4.78, 5) is 4.09. The van der Waals surface area contributed by atoms with Crippen LogP contribution in [-0.2, 0) is 6.42 Å². The van der Waals surface area contributed by atoms with Crippen molar-refractivity contribution in [3.8, 4) is 0 Å². The van der Waals surface area contributed by atoms with Gasteiger partial charge < -0.3 is 11.1 Å². The summed E-state index contributed by atoms with van der Waals surface area (Å²) in [6.45, 7) is 2.88. The molecule has 0 aliphatic heterocycles. The van der Waals surface area contributed by atoms with Crippen LogP contribution in [0.2, 0.25) is 0 Å². The molecule has 3 N–H and O–H groups in total. The van der Waals surface area contributed by atoms with Crippen molar-refractivity contribution in [3.63, 3.8) is 0 Å². The largest absolute Gasteiger partial charge is 0.383 e. The zero-order valence-corrected chi connectivity index (χ0v) is 10.9. The Bertz CT molecular complexity index is 525. The number of benzene rings is 1. The third-order valence-electron chi connectivity index (χ3n) is 3.07. The lowest BCUT2D eigenvalue weighted by molar-refractivity contribution is 0.547. The van der Waals surface area contributed by atoms with Gasteiger partial charge in [-0.2, -0.15) is 0 Å². The molecule has 0 amide bonds. The highest BCUT2D eigenvalue weighted by molar-refractivity contribution is 5.39. The number of rotatable bonds is 5. The second-order valence-electron chi connectivity index (χ2n) is 4.41. The topological polar surface area (TPSA) is 50.9 Å². The van der Waals surface area contributed by atoms with Crippen molar-refractivity contribution >= 4 is 5.82 Å². The van der Waals surface area contributed by atoms with Gasteiger partial charge in [0.1, 0.15) is 11.6 Å². The summed E-state index contributed by atoms with van der Waals surface area (Å²) in [7, 11) is 0. The van der Waals surface area contributed by atoms with E-state index in [-0.39, 0.29) is 11.9 Å². The number of aromatic nitrogens is 1. The van der Waals surface area contributed by atoms with Gasteiger partial charge in [0.25, 0.3) is 0 Å². The predicted octanol–water partition coefficient (Wildman–Crippen LogP) is 2.70. The number of anilines is 1. The second kappa shape index (κ2) is 6.29. The van der Waals surface area contributed by atoms with E-state index in [1.54, 1.807) is 18.3 Å². The Labute approximate surface area is 112 Å². The van der Waals surface area contributed by atoms with Crippen LogP contribution < -0.4 is 11.1 Å². The normalized spacial score (nSPS) is 12.3. The summed E-state index contributed by atoms with van der Waals surface area (Å²) in [6.07, 6.45) is 2.41. The van der Waals surface area contributed by atoms with E-state index in [0.29, 0.717) is 5.82 Å². The SMILES string of the molecule is CCNC(Cc1cccnc1N)c1ccc(F)cc1. The molecule has 1 aromatic heterocycles. The van der Waals surface area contributed by atoms with Gasteiger partial charge in [0.2, 0.25) is 0 Å². The van der Waals surface area contributed by atoms with Crippen LogP contribution in [0.5, 0.6) is 0 Å². The lowest BCUT2D eigenvalue weighted by Gasteiger charge is -2.19. The van der Waals surface area contributed by atoms with E-state index < -0.39 is 0 Å². The van der Waals surface area contributed by atoms with Crippen molar-refractivity contribution in [3.05, 3.63) is 59.5 Å². The number of hydrogen-bond donors (Lipinski definition) is 2. The summed E-state index contributed by atoms with van der Waals surface area (Å²) in [5, 5.41) is 3.39. The molecule has 0 saturated heterocycles. The van der Waals surface area contributed by atoms with Gasteiger partial charge in [-0.15, -0.1) is 0 Å². The summed E-state index contributed by atoms with van der Waals surface area (Å²) in [5.74, 6) is 0.326. The van der Waals surface area contributed by atoms with Crippen molar-refractivity contribution < 1.29 is 4.39 Å². The van der Waals surface area contributed by atoms with Crippen LogP contribution in [0.25, 0.3) is 0 Å². The van der Waals surface area contributed by atoms with E-state index in [0.717, 1.165) is 24.1 Å². The molecule has 2 rings (SSSR count). The van der Waals surface area contributed by atoms with Gasteiger partial charge in [0.15, 0.2) is 0 Å². The third kappa shape index (κ3) is 3.51. The molecule has 0 saturated carbocycles. The number of nitrogens with two attached hydrogens (primary N) is 1. The van der Waals surface area contributed by atoms with Crippen molar-refractivity contribution in [2.75, 3.05) is 12.3 Å². The average Bonchev–Trinajstić information content (AvgIpc) is 2.42. The number of pyridine rings is 1. The Morgan fingerprint density at radius 2 is 2.00 bits per heavy atom. The van der Waals surface area contributed by atoms with Gasteiger partial charge in [-0.1, -0.05) is 25.1 Å². The van der Waals surface area contributed by atoms with Crippen LogP contribution in [0.3, 0.4) is 0 Å². The van der Waals surface area contributed by atoms with Crippen LogP contribution in [0.4, 0.5) is 10.2 Å². The maximum absolute atomic E-state index is 13.0. The molecule has 2 aromatic rings. The third-order valence-corrected chi connectivity index (χ3v) is 3.07. The lowest BCUT2D eigenvalue weighted by Crippen LogP contribution is -2.23. The summed E-state index contributed by atoms with van der Waals surface area (Å²) in [5.41, 5.74) is 7.91. The second-order valence-corrected chi connectivity index (χ2v) is 4.41. The minimum Gasteiger partial charge on any atom is -0.383 e. The highest BCUT2D eigenvalue weighted by Crippen LogP contribution is 2.21. The molecule has 3 nitrogen and oxygen atoms in total. The molecule has 1 unspecified atom stereocenters. The number of nitrogens with one attached hydrogen (secondary N) is 1. The molecule has 0 radical (unpaired) electrons. The molecule has 0 spiro atoms. The Balaban J connectivity index is 2.21. The molecule has 0 aliphatic carbocycles. The molecule has 4 heteroatoms. The quantitative estimate of drug-likeness (QED) is 0.868. The Hall–Kier alpha value is -1.94. The minimum atomic E-state index is -0.222. The first kappa shape index (κ1) is 13.5. The highest BCUT2D eigenvalue weighted by Gasteiger charge is 2.13. The highest BCUT2D eigenvalue weighted by atomic mass is 19.1. The molecule has 100 valence electrons. The number of halogens is 1. The van der Waals surface area contributed by atoms with Gasteiger partial charge in [-0.25, -0.2) is 9.37 Å². The summed E-state index contributed by atoms with van der Waals surface area (Å²) in [6, 6.07) is 10.5. The first-order valence-corrected chi connectivity index (χ1v) is 6.39. The first-order valence-electron chi connectivity index (χ1n) is 6.39. The van der Waals surface area contributed by atoms with Gasteiger partial charge in [0.05, 0.1) is 0 Å². The fraction of sp³-hybridized carbons (Fsp3) is 0.267. The molecular weight excluding hydrogens is 241 g/mol. The van der Waals surface area contributed by atoms with E-state index in [1.165, 1.54) is 12.1 Å². The van der Waals surface area contributed by atoms with Gasteiger partial charge >= 0.3 is 0 Å². The van der Waals surface area contributed by atoms with Crippen LogP contribution in [0.1, 0.15) is 24.1 Å². The smallest absolute Gasteiger partial charge is 0.126 e. The van der Waals surface area contributed by atoms with Gasteiger partial charge in [-0.05, 0) is 42.3 Å². The fourth-order valence-corrected chi connectivity index (χ4v) is 2.09. The molecule has 0 bridgehead atoms. The monoisotopic (exact) mass is 259 g/mol. The average molecular weight is 259 g/mol. The van der Waals surface area contributed by atoms with Crippen LogP contribution in [0, 0.1) is 5.82 Å². The number of nitrogens with zero attached hydrogens (tertiary/aromatic N) is 1. The minimum absolute atomic E-state index is 0.108. The molecule has 1 atom stereocenters. The van der Waals surface area contributed by atoms with Gasteiger partial charge in [0, 0.05) is 12.2 Å². The Morgan fingerprint density at radius 1 is 1.26 bits per heavy atom. The van der Waals surface area contributed by atoms with Crippen molar-refractivity contribution in [1.29, 1.82) is 0 Å². The van der Waals surface area contributed by atoms with Crippen molar-refractivity contribution in [2.24, 2.45) is 0 Å². The van der Waals surface area contributed by atoms with Crippen LogP contribution >= 0.6 is 0 Å². The van der Waals surface area contributed by atoms with Gasteiger partial charge in [-0.3, -0.25) is 0 Å². The summed E-state index contributed by atoms with van der Waals surface area (Å²) < 4.78 is 13.0. The van der Waals surface area contributed by atoms with E-state index >= 15 is 0 Å². The van der Waals surface area contributed by atoms with Crippen LogP contribution in [-0.4, -0.2) is 11.5 Å². The van der Waals surface area contributed by atoms with Crippen molar-refractivity contribution in [1.82, 2.24) is 10.3 Å². The predicted molar refractivity (Wildman–Crippen MR) is 75.2 cm³/mol.